The minimum Gasteiger partial charge on any atom is -0.143 e. The molecule has 0 nitrogen and oxygen atoms in total. The van der Waals surface area contributed by atoms with E-state index < -0.39 is 0 Å². The van der Waals surface area contributed by atoms with Gasteiger partial charge < -0.3 is 0 Å². The molecule has 0 radical (unpaired) electrons. The van der Waals surface area contributed by atoms with Gasteiger partial charge in [0.1, 0.15) is 0 Å². The smallest absolute Gasteiger partial charge is 0.0485 e. The van der Waals surface area contributed by atoms with Crippen LogP contribution in [0.5, 0.6) is 0 Å². The van der Waals surface area contributed by atoms with E-state index in [1.54, 1.807) is 23.1 Å². The van der Waals surface area contributed by atoms with Crippen LogP contribution in [-0.2, 0) is 5.88 Å². The van der Waals surface area contributed by atoms with Gasteiger partial charge in [0.05, 0.1) is 0 Å². The lowest BCUT2D eigenvalue weighted by molar-refractivity contribution is 1.39. The minimum atomic E-state index is 0.556. The van der Waals surface area contributed by atoms with Gasteiger partial charge in [-0.25, -0.2) is 0 Å². The van der Waals surface area contributed by atoms with Crippen molar-refractivity contribution in [2.24, 2.45) is 0 Å². The molecule has 0 unspecified atom stereocenters. The summed E-state index contributed by atoms with van der Waals surface area (Å²) in [6.45, 7) is 0. The van der Waals surface area contributed by atoms with Crippen LogP contribution in [0.25, 0.3) is 10.1 Å². The molecule has 0 aliphatic rings. The predicted molar refractivity (Wildman–Crippen MR) is 70.9 cm³/mol. The number of hydrogen-bond acceptors (Lipinski definition) is 2. The summed E-state index contributed by atoms with van der Waals surface area (Å²) in [5.74, 6) is 0.556. The van der Waals surface area contributed by atoms with Gasteiger partial charge in [-0.05, 0) is 24.0 Å². The Morgan fingerprint density at radius 3 is 2.93 bits per heavy atom. The van der Waals surface area contributed by atoms with Crippen molar-refractivity contribution in [3.63, 3.8) is 0 Å². The van der Waals surface area contributed by atoms with Gasteiger partial charge in [0.25, 0.3) is 0 Å². The summed E-state index contributed by atoms with van der Waals surface area (Å²) in [4.78, 5) is 1.34. The Morgan fingerprint density at radius 1 is 1.50 bits per heavy atom. The molecule has 2 rings (SSSR count). The fourth-order valence-corrected chi connectivity index (χ4v) is 4.17. The maximum Gasteiger partial charge on any atom is 0.0485 e. The van der Waals surface area contributed by atoms with Gasteiger partial charge in [-0.2, -0.15) is 0 Å². The van der Waals surface area contributed by atoms with Crippen molar-refractivity contribution in [2.75, 3.05) is 6.26 Å². The molecule has 0 N–H and O–H groups in total. The Kier molecular flexibility index (Phi) is 3.42. The molecule has 74 valence electrons. The van der Waals surface area contributed by atoms with E-state index in [4.69, 9.17) is 11.6 Å². The molecule has 0 fully saturated rings. The van der Waals surface area contributed by atoms with Crippen molar-refractivity contribution >= 4 is 60.7 Å². The molecular weight excluding hydrogens is 300 g/mol. The van der Waals surface area contributed by atoms with E-state index in [9.17, 15) is 0 Å². The van der Waals surface area contributed by atoms with Gasteiger partial charge in [0, 0.05) is 30.7 Å². The molecule has 0 spiro atoms. The molecule has 14 heavy (non-hydrogen) atoms. The van der Waals surface area contributed by atoms with Gasteiger partial charge in [-0.3, -0.25) is 0 Å². The zero-order valence-electron chi connectivity index (χ0n) is 7.51. The highest BCUT2D eigenvalue weighted by molar-refractivity contribution is 9.10. The van der Waals surface area contributed by atoms with Crippen molar-refractivity contribution in [3.05, 3.63) is 27.5 Å². The first kappa shape index (κ1) is 10.8. The second-order valence-corrected chi connectivity index (χ2v) is 5.76. The Balaban J connectivity index is 2.70. The molecule has 0 aliphatic heterocycles. The first-order valence-corrected chi connectivity index (χ1v) is 7.49. The van der Waals surface area contributed by atoms with Crippen molar-refractivity contribution in [1.82, 2.24) is 0 Å². The SMILES string of the molecule is CSc1csc2cc(Br)c(CCl)cc12. The molecule has 0 atom stereocenters. The molecule has 0 bridgehead atoms. The van der Waals surface area contributed by atoms with Crippen molar-refractivity contribution in [3.8, 4) is 0 Å². The number of hydrogen-bond donors (Lipinski definition) is 0. The molecule has 0 saturated carbocycles. The zero-order valence-corrected chi connectivity index (χ0v) is 11.5. The third-order valence-electron chi connectivity index (χ3n) is 2.07. The third kappa shape index (κ3) is 1.83. The first-order chi connectivity index (χ1) is 6.76. The Hall–Kier alpha value is 0.300. The van der Waals surface area contributed by atoms with E-state index in [0.717, 1.165) is 10.0 Å². The molecule has 1 aromatic carbocycles. The fraction of sp³-hybridized carbons (Fsp3) is 0.200. The highest BCUT2D eigenvalue weighted by atomic mass is 79.9. The van der Waals surface area contributed by atoms with Gasteiger partial charge in [0.15, 0.2) is 0 Å². The summed E-state index contributed by atoms with van der Waals surface area (Å²) in [5.41, 5.74) is 1.16. The molecule has 1 heterocycles. The Morgan fingerprint density at radius 2 is 2.29 bits per heavy atom. The molecule has 0 saturated heterocycles. The first-order valence-electron chi connectivity index (χ1n) is 4.06. The number of halogens is 2. The number of fused-ring (bicyclic) bond motifs is 1. The summed E-state index contributed by atoms with van der Waals surface area (Å²) in [6, 6.07) is 4.33. The van der Waals surface area contributed by atoms with Gasteiger partial charge >= 0.3 is 0 Å². The van der Waals surface area contributed by atoms with E-state index in [1.165, 1.54) is 15.0 Å². The van der Waals surface area contributed by atoms with Crippen LogP contribution in [-0.4, -0.2) is 6.26 Å². The summed E-state index contributed by atoms with van der Waals surface area (Å²) in [6.07, 6.45) is 2.10. The van der Waals surface area contributed by atoms with E-state index >= 15 is 0 Å². The lowest BCUT2D eigenvalue weighted by Crippen LogP contribution is -1.80. The summed E-state index contributed by atoms with van der Waals surface area (Å²) >= 11 is 12.9. The quantitative estimate of drug-likeness (QED) is 0.548. The molecule has 2 aromatic rings. The van der Waals surface area contributed by atoms with Crippen molar-refractivity contribution < 1.29 is 0 Å². The second kappa shape index (κ2) is 4.44. The highest BCUT2D eigenvalue weighted by Gasteiger charge is 2.07. The molecular formula is C10H8BrClS2. The van der Waals surface area contributed by atoms with Crippen LogP contribution >= 0.6 is 50.6 Å². The molecule has 1 aromatic heterocycles. The molecule has 4 heteroatoms. The normalized spacial score (nSPS) is 11.1. The average molecular weight is 308 g/mol. The topological polar surface area (TPSA) is 0 Å². The second-order valence-electron chi connectivity index (χ2n) is 2.88. The summed E-state index contributed by atoms with van der Waals surface area (Å²) < 4.78 is 2.42. The van der Waals surface area contributed by atoms with Crippen LogP contribution in [0.3, 0.4) is 0 Å². The van der Waals surface area contributed by atoms with Crippen LogP contribution in [0, 0.1) is 0 Å². The van der Waals surface area contributed by atoms with Crippen molar-refractivity contribution in [2.45, 2.75) is 10.8 Å². The van der Waals surface area contributed by atoms with Crippen LogP contribution in [0.4, 0.5) is 0 Å². The van der Waals surface area contributed by atoms with Crippen LogP contribution < -0.4 is 0 Å². The molecule has 0 amide bonds. The van der Waals surface area contributed by atoms with E-state index in [-0.39, 0.29) is 0 Å². The van der Waals surface area contributed by atoms with E-state index in [0.29, 0.717) is 5.88 Å². The maximum absolute atomic E-state index is 5.86. The van der Waals surface area contributed by atoms with Crippen LogP contribution in [0.1, 0.15) is 5.56 Å². The van der Waals surface area contributed by atoms with Crippen LogP contribution in [0.15, 0.2) is 26.9 Å². The number of benzene rings is 1. The monoisotopic (exact) mass is 306 g/mol. The Bertz CT molecular complexity index is 464. The summed E-state index contributed by atoms with van der Waals surface area (Å²) in [7, 11) is 0. The zero-order chi connectivity index (χ0) is 10.1. The fourth-order valence-electron chi connectivity index (χ4n) is 1.33. The lowest BCUT2D eigenvalue weighted by atomic mass is 10.2. The average Bonchev–Trinajstić information content (AvgIpc) is 2.58. The number of rotatable bonds is 2. The number of thiophene rings is 1. The number of alkyl halides is 1. The maximum atomic E-state index is 5.86. The van der Waals surface area contributed by atoms with Gasteiger partial charge in [0.2, 0.25) is 0 Å². The van der Waals surface area contributed by atoms with Crippen LogP contribution in [0.2, 0.25) is 0 Å². The Labute approximate surface area is 105 Å². The summed E-state index contributed by atoms with van der Waals surface area (Å²) in [5, 5.41) is 3.51. The van der Waals surface area contributed by atoms with Crippen molar-refractivity contribution in [1.29, 1.82) is 0 Å². The standard InChI is InChI=1S/C10H8BrClS2/c1-13-10-5-14-9-3-8(11)6(4-12)2-7(9)10/h2-3,5H,4H2,1H3. The lowest BCUT2D eigenvalue weighted by Gasteiger charge is -2.01. The number of thioether (sulfide) groups is 1. The largest absolute Gasteiger partial charge is 0.143 e. The van der Waals surface area contributed by atoms with Gasteiger partial charge in [-0.1, -0.05) is 15.9 Å². The van der Waals surface area contributed by atoms with E-state index in [1.807, 2.05) is 0 Å². The van der Waals surface area contributed by atoms with E-state index in [2.05, 4.69) is 39.7 Å². The third-order valence-corrected chi connectivity index (χ3v) is 4.97. The molecule has 0 aliphatic carbocycles. The van der Waals surface area contributed by atoms with Gasteiger partial charge in [-0.15, -0.1) is 34.7 Å². The predicted octanol–water partition coefficient (Wildman–Crippen LogP) is 5.12. The highest BCUT2D eigenvalue weighted by Crippen LogP contribution is 2.35. The minimum absolute atomic E-state index is 0.556.